The van der Waals surface area contributed by atoms with Gasteiger partial charge in [0.2, 0.25) is 14.7 Å². The van der Waals surface area contributed by atoms with Crippen molar-refractivity contribution in [3.05, 3.63) is 40.3 Å². The fourth-order valence-corrected chi connectivity index (χ4v) is 5.14. The van der Waals surface area contributed by atoms with Crippen molar-refractivity contribution >= 4 is 32.9 Å². The lowest BCUT2D eigenvalue weighted by Gasteiger charge is -2.30. The highest BCUT2D eigenvalue weighted by Crippen LogP contribution is 2.26. The van der Waals surface area contributed by atoms with E-state index in [4.69, 9.17) is 17.2 Å². The molecule has 0 saturated carbocycles. The van der Waals surface area contributed by atoms with E-state index in [9.17, 15) is 18.0 Å². The summed E-state index contributed by atoms with van der Waals surface area (Å²) in [6.45, 7) is 0.491. The third-order valence-corrected chi connectivity index (χ3v) is 7.43. The van der Waals surface area contributed by atoms with Crippen LogP contribution < -0.4 is 17.2 Å². The number of nitrogens with two attached hydrogens (primary N) is 3. The van der Waals surface area contributed by atoms with Gasteiger partial charge in [-0.25, -0.2) is 13.2 Å². The predicted molar refractivity (Wildman–Crippen MR) is 107 cm³/mol. The van der Waals surface area contributed by atoms with E-state index in [-0.39, 0.29) is 11.3 Å². The van der Waals surface area contributed by atoms with Crippen molar-refractivity contribution < 1.29 is 22.7 Å². The Kier molecular flexibility index (Phi) is 7.54. The largest absolute Gasteiger partial charge is 0.467 e. The van der Waals surface area contributed by atoms with E-state index in [0.29, 0.717) is 29.4 Å². The molecule has 0 spiro atoms. The van der Waals surface area contributed by atoms with Crippen molar-refractivity contribution in [3.8, 4) is 0 Å². The van der Waals surface area contributed by atoms with Gasteiger partial charge in [-0.2, -0.15) is 0 Å². The maximum Gasteiger partial charge on any atom is 0.344 e. The maximum absolute atomic E-state index is 13.1. The molecule has 0 fully saturated rings. The molecule has 0 bridgehead atoms. The highest BCUT2D eigenvalue weighted by atomic mass is 32.2. The Labute approximate surface area is 172 Å². The van der Waals surface area contributed by atoms with E-state index in [0.717, 1.165) is 7.11 Å². The number of nitrogens with zero attached hydrogens (tertiary/aromatic N) is 2. The molecule has 1 unspecified atom stereocenters. The zero-order valence-electron chi connectivity index (χ0n) is 15.8. The number of ketones is 1. The minimum atomic E-state index is -4.54. The molecule has 2 atom stereocenters. The minimum Gasteiger partial charge on any atom is -0.467 e. The van der Waals surface area contributed by atoms with Crippen molar-refractivity contribution in [1.29, 1.82) is 0 Å². The van der Waals surface area contributed by atoms with Crippen molar-refractivity contribution in [2.45, 2.75) is 35.1 Å². The van der Waals surface area contributed by atoms with Crippen molar-refractivity contribution in [1.82, 2.24) is 10.2 Å². The topological polar surface area (TPSA) is 181 Å². The van der Waals surface area contributed by atoms with Crippen LogP contribution >= 0.6 is 11.3 Å². The maximum atomic E-state index is 13.1. The number of esters is 1. The summed E-state index contributed by atoms with van der Waals surface area (Å²) < 4.78 is 30.7. The number of benzene rings is 1. The molecule has 158 valence electrons. The molecular weight excluding hydrogens is 418 g/mol. The van der Waals surface area contributed by atoms with Crippen LogP contribution in [0, 0.1) is 0 Å². The fourth-order valence-electron chi connectivity index (χ4n) is 2.57. The third-order valence-electron chi connectivity index (χ3n) is 4.24. The molecule has 1 heterocycles. The van der Waals surface area contributed by atoms with E-state index in [1.807, 2.05) is 0 Å². The summed E-state index contributed by atoms with van der Waals surface area (Å²) in [6, 6.07) is 5.15. The Morgan fingerprint density at radius 3 is 2.41 bits per heavy atom. The monoisotopic (exact) mass is 441 g/mol. The average Bonchev–Trinajstić information content (AvgIpc) is 3.17. The Morgan fingerprint density at radius 2 is 1.83 bits per heavy atom. The zero-order chi connectivity index (χ0) is 21.7. The summed E-state index contributed by atoms with van der Waals surface area (Å²) in [4.78, 5) is 22.0. The molecule has 1 aromatic heterocycles. The molecule has 0 aliphatic carbocycles. The number of hydrogen-bond acceptors (Lipinski definition) is 11. The van der Waals surface area contributed by atoms with Crippen LogP contribution in [-0.4, -0.2) is 54.9 Å². The predicted octanol–water partition coefficient (Wildman–Crippen LogP) is -0.830. The number of sulfone groups is 1. The van der Waals surface area contributed by atoms with Crippen LogP contribution in [-0.2, 0) is 37.0 Å². The standard InChI is InChI=1S/C17H23N5O5S2/c1-27-16(24)17(20,29(25,26)11-6-3-2-4-7-11)15(19)12(23)10-14-22-21-13(28-14)8-5-9-18/h2-4,6-7,15H,5,8-10,18-20H2,1H3/t15?,17-/m0/s1. The average molecular weight is 442 g/mol. The van der Waals surface area contributed by atoms with Gasteiger partial charge in [0.25, 0.3) is 0 Å². The lowest BCUT2D eigenvalue weighted by Crippen LogP contribution is -2.68. The minimum absolute atomic E-state index is 0.254. The second kappa shape index (κ2) is 9.50. The van der Waals surface area contributed by atoms with E-state index in [2.05, 4.69) is 14.9 Å². The lowest BCUT2D eigenvalue weighted by molar-refractivity contribution is -0.146. The summed E-state index contributed by atoms with van der Waals surface area (Å²) >= 11 is 1.19. The number of aryl methyl sites for hydroxylation is 1. The number of hydrogen-bond donors (Lipinski definition) is 3. The molecule has 6 N–H and O–H groups in total. The highest BCUT2D eigenvalue weighted by molar-refractivity contribution is 7.93. The second-order valence-corrected chi connectivity index (χ2v) is 9.50. The number of carbonyl (C=O) groups is 2. The van der Waals surface area contributed by atoms with Crippen LogP contribution in [0.5, 0.6) is 0 Å². The SMILES string of the molecule is COC(=O)[C@](N)(C(N)C(=O)Cc1nnc(CCCN)s1)S(=O)(=O)c1ccccc1. The van der Waals surface area contributed by atoms with Gasteiger partial charge >= 0.3 is 5.97 Å². The Balaban J connectivity index is 2.33. The summed E-state index contributed by atoms with van der Waals surface area (Å²) in [5.41, 5.74) is 17.3. The fraction of sp³-hybridized carbons (Fsp3) is 0.412. The molecule has 10 nitrogen and oxygen atoms in total. The van der Waals surface area contributed by atoms with Gasteiger partial charge < -0.3 is 21.9 Å². The summed E-state index contributed by atoms with van der Waals surface area (Å²) in [7, 11) is -3.58. The molecule has 2 aromatic rings. The van der Waals surface area contributed by atoms with Crippen LogP contribution in [0.1, 0.15) is 16.4 Å². The van der Waals surface area contributed by atoms with Gasteiger partial charge in [-0.05, 0) is 25.1 Å². The summed E-state index contributed by atoms with van der Waals surface area (Å²) in [6.07, 6.45) is 1.01. The zero-order valence-corrected chi connectivity index (χ0v) is 17.4. The van der Waals surface area contributed by atoms with Crippen molar-refractivity contribution in [2.75, 3.05) is 13.7 Å². The number of ether oxygens (including phenoxy) is 1. The van der Waals surface area contributed by atoms with Gasteiger partial charge in [-0.3, -0.25) is 4.79 Å². The van der Waals surface area contributed by atoms with E-state index < -0.39 is 32.5 Å². The molecule has 1 aromatic carbocycles. The molecular formula is C17H23N5O5S2. The summed E-state index contributed by atoms with van der Waals surface area (Å²) in [5.74, 6) is -2.11. The van der Waals surface area contributed by atoms with Gasteiger partial charge in [0.1, 0.15) is 16.1 Å². The molecule has 0 amide bonds. The van der Waals surface area contributed by atoms with Gasteiger partial charge in [0.05, 0.1) is 18.4 Å². The normalized spacial score (nSPS) is 14.8. The number of methoxy groups -OCH3 is 1. The first-order chi connectivity index (χ1) is 13.7. The van der Waals surface area contributed by atoms with Crippen LogP contribution in [0.4, 0.5) is 0 Å². The number of rotatable bonds is 10. The summed E-state index contributed by atoms with van der Waals surface area (Å²) in [5, 5.41) is 8.88. The molecule has 0 radical (unpaired) electrons. The first kappa shape index (κ1) is 23.0. The van der Waals surface area contributed by atoms with Crippen LogP contribution in [0.2, 0.25) is 0 Å². The molecule has 0 aliphatic rings. The smallest absolute Gasteiger partial charge is 0.344 e. The van der Waals surface area contributed by atoms with Crippen molar-refractivity contribution in [2.24, 2.45) is 17.2 Å². The molecule has 2 rings (SSSR count). The first-order valence-corrected chi connectivity index (χ1v) is 10.9. The first-order valence-electron chi connectivity index (χ1n) is 8.65. The van der Waals surface area contributed by atoms with Gasteiger partial charge in [-0.15, -0.1) is 21.5 Å². The Bertz CT molecular complexity index is 964. The van der Waals surface area contributed by atoms with E-state index in [1.54, 1.807) is 6.07 Å². The molecule has 0 aliphatic heterocycles. The number of Topliss-reactive ketones (excluding diaryl/α,β-unsaturated/α-hetero) is 1. The van der Waals surface area contributed by atoms with Crippen LogP contribution in [0.25, 0.3) is 0 Å². The lowest BCUT2D eigenvalue weighted by atomic mass is 10.0. The van der Waals surface area contributed by atoms with Crippen molar-refractivity contribution in [3.63, 3.8) is 0 Å². The van der Waals surface area contributed by atoms with Gasteiger partial charge in [0.15, 0.2) is 5.78 Å². The van der Waals surface area contributed by atoms with E-state index >= 15 is 0 Å². The molecule has 29 heavy (non-hydrogen) atoms. The Morgan fingerprint density at radius 1 is 1.21 bits per heavy atom. The van der Waals surface area contributed by atoms with Gasteiger partial charge in [0, 0.05) is 6.42 Å². The van der Waals surface area contributed by atoms with Crippen LogP contribution in [0.3, 0.4) is 0 Å². The molecule has 12 heteroatoms. The third kappa shape index (κ3) is 4.67. The number of aromatic nitrogens is 2. The van der Waals surface area contributed by atoms with Gasteiger partial charge in [-0.1, -0.05) is 18.2 Å². The van der Waals surface area contributed by atoms with E-state index in [1.165, 1.54) is 35.6 Å². The molecule has 0 saturated heterocycles. The second-order valence-electron chi connectivity index (χ2n) is 6.20. The highest BCUT2D eigenvalue weighted by Gasteiger charge is 2.56. The quantitative estimate of drug-likeness (QED) is 0.393. The van der Waals surface area contributed by atoms with Crippen LogP contribution in [0.15, 0.2) is 35.2 Å². The number of carbonyl (C=O) groups excluding carboxylic acids is 2. The Hall–Kier alpha value is -2.25.